The molecule has 0 aromatic heterocycles. The summed E-state index contributed by atoms with van der Waals surface area (Å²) in [5.74, 6) is -0.0665. The van der Waals surface area contributed by atoms with Crippen LogP contribution in [0.5, 0.6) is 0 Å². The Hall–Kier alpha value is -1.56. The molecule has 5 nitrogen and oxygen atoms in total. The van der Waals surface area contributed by atoms with Crippen LogP contribution >= 0.6 is 0 Å². The second-order valence-corrected chi connectivity index (χ2v) is 8.59. The van der Waals surface area contributed by atoms with Crippen molar-refractivity contribution in [1.82, 2.24) is 5.32 Å². The molecule has 1 saturated carbocycles. The van der Waals surface area contributed by atoms with E-state index < -0.39 is 10.0 Å². The first kappa shape index (κ1) is 18.8. The molecular weight excluding hydrogens is 324 g/mol. The number of nitrogens with zero attached hydrogens (tertiary/aromatic N) is 1. The first-order valence-electron chi connectivity index (χ1n) is 8.70. The average molecular weight is 353 g/mol. The lowest BCUT2D eigenvalue weighted by molar-refractivity contribution is -0.121. The van der Waals surface area contributed by atoms with E-state index in [4.69, 9.17) is 0 Å². The summed E-state index contributed by atoms with van der Waals surface area (Å²) < 4.78 is 25.5. The summed E-state index contributed by atoms with van der Waals surface area (Å²) in [5.41, 5.74) is 1.60. The molecule has 24 heavy (non-hydrogen) atoms. The summed E-state index contributed by atoms with van der Waals surface area (Å²) in [6.07, 6.45) is 8.20. The fourth-order valence-corrected chi connectivity index (χ4v) is 4.12. The maximum Gasteiger partial charge on any atom is 0.232 e. The van der Waals surface area contributed by atoms with Gasteiger partial charge in [0.1, 0.15) is 0 Å². The topological polar surface area (TPSA) is 66.5 Å². The fourth-order valence-electron chi connectivity index (χ4n) is 3.20. The highest BCUT2D eigenvalue weighted by Crippen LogP contribution is 2.20. The van der Waals surface area contributed by atoms with Crippen LogP contribution in [0.4, 0.5) is 5.69 Å². The average Bonchev–Trinajstić information content (AvgIpc) is 2.75. The third-order valence-corrected chi connectivity index (χ3v) is 5.65. The zero-order valence-corrected chi connectivity index (χ0v) is 15.4. The highest BCUT2D eigenvalue weighted by molar-refractivity contribution is 7.92. The van der Waals surface area contributed by atoms with Gasteiger partial charge in [0.25, 0.3) is 0 Å². The molecule has 134 valence electrons. The Kier molecular flexibility index (Phi) is 6.66. The normalized spacial score (nSPS) is 16.4. The van der Waals surface area contributed by atoms with Crippen molar-refractivity contribution in [1.29, 1.82) is 0 Å². The second kappa shape index (κ2) is 8.51. The summed E-state index contributed by atoms with van der Waals surface area (Å²) in [6.45, 7) is 2.09. The lowest BCUT2D eigenvalue weighted by Gasteiger charge is -2.23. The van der Waals surface area contributed by atoms with Gasteiger partial charge in [0.15, 0.2) is 0 Å². The van der Waals surface area contributed by atoms with Crippen molar-refractivity contribution in [3.05, 3.63) is 29.8 Å². The van der Waals surface area contributed by atoms with Gasteiger partial charge in [-0.15, -0.1) is 0 Å². The summed E-state index contributed by atoms with van der Waals surface area (Å²) in [5, 5.41) is 3.07. The van der Waals surface area contributed by atoms with Crippen molar-refractivity contribution in [2.75, 3.05) is 17.1 Å². The minimum absolute atomic E-state index is 0.0665. The first-order chi connectivity index (χ1) is 11.4. The van der Waals surface area contributed by atoms with Crippen molar-refractivity contribution in [3.8, 4) is 0 Å². The van der Waals surface area contributed by atoms with Crippen LogP contribution in [-0.2, 0) is 14.8 Å². The van der Waals surface area contributed by atoms with E-state index in [0.29, 0.717) is 5.69 Å². The smallest absolute Gasteiger partial charge is 0.232 e. The Labute approximate surface area is 145 Å². The molecule has 2 rings (SSSR count). The quantitative estimate of drug-likeness (QED) is 0.801. The van der Waals surface area contributed by atoms with E-state index in [1.165, 1.54) is 23.4 Å². The van der Waals surface area contributed by atoms with Gasteiger partial charge in [0.05, 0.1) is 11.9 Å². The van der Waals surface area contributed by atoms with E-state index in [9.17, 15) is 13.2 Å². The molecule has 0 spiro atoms. The molecule has 0 aliphatic heterocycles. The Morgan fingerprint density at radius 1 is 1.21 bits per heavy atom. The first-order valence-corrected chi connectivity index (χ1v) is 10.5. The Balaban J connectivity index is 1.96. The number of hydrogen-bond acceptors (Lipinski definition) is 3. The van der Waals surface area contributed by atoms with E-state index in [0.717, 1.165) is 31.2 Å². The van der Waals surface area contributed by atoms with Crippen LogP contribution in [0.1, 0.15) is 50.5 Å². The maximum absolute atomic E-state index is 12.2. The van der Waals surface area contributed by atoms with E-state index >= 15 is 0 Å². The van der Waals surface area contributed by atoms with Gasteiger partial charge in [-0.1, -0.05) is 37.8 Å². The van der Waals surface area contributed by atoms with Gasteiger partial charge in [-0.05, 0) is 37.5 Å². The van der Waals surface area contributed by atoms with Crippen molar-refractivity contribution >= 4 is 21.6 Å². The number of nitrogens with one attached hydrogen (secondary N) is 1. The molecule has 1 aliphatic rings. The van der Waals surface area contributed by atoms with Crippen LogP contribution in [0.3, 0.4) is 0 Å². The lowest BCUT2D eigenvalue weighted by Crippen LogP contribution is -2.38. The summed E-state index contributed by atoms with van der Waals surface area (Å²) in [4.78, 5) is 12.2. The molecule has 1 aromatic carbocycles. The van der Waals surface area contributed by atoms with Gasteiger partial charge in [-0.3, -0.25) is 9.10 Å². The van der Waals surface area contributed by atoms with Gasteiger partial charge in [0.2, 0.25) is 15.9 Å². The number of hydrogen-bond donors (Lipinski definition) is 1. The van der Waals surface area contributed by atoms with Gasteiger partial charge in [-0.2, -0.15) is 0 Å². The Morgan fingerprint density at radius 3 is 2.46 bits per heavy atom. The Bertz CT molecular complexity index is 650. The van der Waals surface area contributed by atoms with E-state index in [2.05, 4.69) is 5.32 Å². The molecule has 0 radical (unpaired) electrons. The molecule has 1 fully saturated rings. The molecule has 0 saturated heterocycles. The zero-order valence-electron chi connectivity index (χ0n) is 14.6. The molecule has 1 aromatic rings. The number of carbonyl (C=O) groups is 1. The molecule has 1 aliphatic carbocycles. The van der Waals surface area contributed by atoms with Crippen molar-refractivity contribution in [2.45, 2.75) is 57.9 Å². The van der Waals surface area contributed by atoms with Crippen molar-refractivity contribution < 1.29 is 13.2 Å². The number of aryl methyl sites for hydroxylation is 1. The molecular formula is C18H28N2O3S. The SMILES string of the molecule is Cc1cccc(N(CCC(=O)NC2CCCCCC2)S(C)(=O)=O)c1. The van der Waals surface area contributed by atoms with Crippen LogP contribution in [0.25, 0.3) is 0 Å². The Morgan fingerprint density at radius 2 is 1.88 bits per heavy atom. The standard InChI is InChI=1S/C18H28N2O3S/c1-15-8-7-11-17(14-15)20(24(2,22)23)13-12-18(21)19-16-9-5-3-4-6-10-16/h7-8,11,14,16H,3-6,9-10,12-13H2,1-2H3,(H,19,21). The molecule has 1 N–H and O–H groups in total. The third-order valence-electron chi connectivity index (χ3n) is 4.45. The summed E-state index contributed by atoms with van der Waals surface area (Å²) in [7, 11) is -3.42. The van der Waals surface area contributed by atoms with Gasteiger partial charge < -0.3 is 5.32 Å². The van der Waals surface area contributed by atoms with Gasteiger partial charge >= 0.3 is 0 Å². The van der Waals surface area contributed by atoms with Crippen LogP contribution in [-0.4, -0.2) is 33.2 Å². The molecule has 1 amide bonds. The minimum Gasteiger partial charge on any atom is -0.353 e. The largest absolute Gasteiger partial charge is 0.353 e. The lowest BCUT2D eigenvalue weighted by atomic mass is 10.1. The van der Waals surface area contributed by atoms with Crippen molar-refractivity contribution in [3.63, 3.8) is 0 Å². The summed E-state index contributed by atoms with van der Waals surface area (Å²) in [6, 6.07) is 7.57. The van der Waals surface area contributed by atoms with E-state index in [1.807, 2.05) is 25.1 Å². The summed E-state index contributed by atoms with van der Waals surface area (Å²) >= 11 is 0. The minimum atomic E-state index is -3.42. The van der Waals surface area contributed by atoms with E-state index in [1.54, 1.807) is 6.07 Å². The third kappa shape index (κ3) is 5.82. The van der Waals surface area contributed by atoms with Crippen molar-refractivity contribution in [2.24, 2.45) is 0 Å². The van der Waals surface area contributed by atoms with Gasteiger partial charge in [0, 0.05) is 19.0 Å². The molecule has 0 bridgehead atoms. The monoisotopic (exact) mass is 352 g/mol. The molecule has 0 atom stereocenters. The highest BCUT2D eigenvalue weighted by atomic mass is 32.2. The van der Waals surface area contributed by atoms with Crippen LogP contribution in [0.15, 0.2) is 24.3 Å². The number of rotatable bonds is 6. The number of sulfonamides is 1. The number of amides is 1. The maximum atomic E-state index is 12.2. The predicted octanol–water partition coefficient (Wildman–Crippen LogP) is 2.99. The van der Waals surface area contributed by atoms with Crippen LogP contribution in [0, 0.1) is 6.92 Å². The zero-order chi connectivity index (χ0) is 17.6. The highest BCUT2D eigenvalue weighted by Gasteiger charge is 2.20. The van der Waals surface area contributed by atoms with Crippen LogP contribution in [0.2, 0.25) is 0 Å². The van der Waals surface area contributed by atoms with Crippen LogP contribution < -0.4 is 9.62 Å². The number of benzene rings is 1. The second-order valence-electron chi connectivity index (χ2n) is 6.68. The number of carbonyl (C=O) groups excluding carboxylic acids is 1. The molecule has 0 heterocycles. The van der Waals surface area contributed by atoms with Gasteiger partial charge in [-0.25, -0.2) is 8.42 Å². The predicted molar refractivity (Wildman–Crippen MR) is 97.6 cm³/mol. The molecule has 6 heteroatoms. The molecule has 0 unspecified atom stereocenters. The van der Waals surface area contributed by atoms with E-state index in [-0.39, 0.29) is 24.9 Å². The number of anilines is 1. The fraction of sp³-hybridized carbons (Fsp3) is 0.611.